The van der Waals surface area contributed by atoms with Crippen molar-refractivity contribution < 1.29 is 19.5 Å². The van der Waals surface area contributed by atoms with Gasteiger partial charge in [0.25, 0.3) is 0 Å². The van der Waals surface area contributed by atoms with Crippen LogP contribution in [0.5, 0.6) is 0 Å². The highest BCUT2D eigenvalue weighted by molar-refractivity contribution is 7.81. The predicted octanol–water partition coefficient (Wildman–Crippen LogP) is -0.600. The van der Waals surface area contributed by atoms with Crippen LogP contribution < -0.4 is 10.6 Å². The van der Waals surface area contributed by atoms with E-state index in [1.807, 2.05) is 0 Å². The lowest BCUT2D eigenvalue weighted by Crippen LogP contribution is -2.62. The van der Waals surface area contributed by atoms with Gasteiger partial charge in [-0.15, -0.1) is 0 Å². The fourth-order valence-electron chi connectivity index (χ4n) is 1.23. The number of carboxylic acids is 1. The summed E-state index contributed by atoms with van der Waals surface area (Å²) in [4.78, 5) is 33.0. The molecule has 0 aliphatic rings. The van der Waals surface area contributed by atoms with Crippen LogP contribution in [-0.4, -0.2) is 40.2 Å². The molecule has 16 heavy (non-hydrogen) atoms. The average Bonchev–Trinajstić information content (AvgIpc) is 2.12. The zero-order valence-corrected chi connectivity index (χ0v) is 10.3. The van der Waals surface area contributed by atoms with E-state index in [4.69, 9.17) is 5.11 Å². The van der Waals surface area contributed by atoms with Gasteiger partial charge in [-0.05, 0) is 13.8 Å². The van der Waals surface area contributed by atoms with Gasteiger partial charge in [0.1, 0.15) is 6.04 Å². The molecule has 0 saturated heterocycles. The number of rotatable bonds is 5. The first-order valence-corrected chi connectivity index (χ1v) is 5.25. The Labute approximate surface area is 99.2 Å². The first-order chi connectivity index (χ1) is 7.20. The second kappa shape index (κ2) is 5.74. The second-order valence-electron chi connectivity index (χ2n) is 3.90. The molecule has 0 aliphatic carbocycles. The van der Waals surface area contributed by atoms with Crippen molar-refractivity contribution in [3.05, 3.63) is 0 Å². The van der Waals surface area contributed by atoms with E-state index in [2.05, 4.69) is 23.3 Å². The lowest BCUT2D eigenvalue weighted by molar-refractivity contribution is -0.144. The third-order valence-electron chi connectivity index (χ3n) is 1.92. The zero-order valence-electron chi connectivity index (χ0n) is 9.40. The van der Waals surface area contributed by atoms with Crippen molar-refractivity contribution in [2.24, 2.45) is 0 Å². The molecular formula is C9H16N2O4S. The number of nitrogens with one attached hydrogen (secondary N) is 2. The molecule has 1 unspecified atom stereocenters. The predicted molar refractivity (Wildman–Crippen MR) is 61.3 cm³/mol. The summed E-state index contributed by atoms with van der Waals surface area (Å²) in [7, 11) is 0. The van der Waals surface area contributed by atoms with Crippen LogP contribution in [0.3, 0.4) is 0 Å². The van der Waals surface area contributed by atoms with E-state index >= 15 is 0 Å². The lowest BCUT2D eigenvalue weighted by atomic mass is 9.94. The number of hydrogen-bond donors (Lipinski definition) is 4. The lowest BCUT2D eigenvalue weighted by Gasteiger charge is -2.32. The molecule has 0 rings (SSSR count). The summed E-state index contributed by atoms with van der Waals surface area (Å²) in [6.07, 6.45) is 0. The molecule has 0 heterocycles. The highest BCUT2D eigenvalue weighted by Gasteiger charge is 2.36. The standard InChI is InChI=1S/C9H16N2O4S/c1-5(12)10-7(8(14)15)9(2,3)11-6(13)4-16/h7,16H,4H2,1-3H3,(H,10,12)(H,11,13)(H,14,15). The van der Waals surface area contributed by atoms with Crippen LogP contribution in [0.1, 0.15) is 20.8 Å². The van der Waals surface area contributed by atoms with E-state index in [0.29, 0.717) is 0 Å². The van der Waals surface area contributed by atoms with E-state index in [1.165, 1.54) is 20.8 Å². The second-order valence-corrected chi connectivity index (χ2v) is 4.22. The molecule has 1 atom stereocenters. The maximum Gasteiger partial charge on any atom is 0.328 e. The van der Waals surface area contributed by atoms with Gasteiger partial charge < -0.3 is 15.7 Å². The normalized spacial score (nSPS) is 12.8. The molecule has 0 aromatic heterocycles. The van der Waals surface area contributed by atoms with Crippen LogP contribution >= 0.6 is 12.6 Å². The number of thiol groups is 1. The fraction of sp³-hybridized carbons (Fsp3) is 0.667. The molecule has 0 spiro atoms. The number of carboxylic acid groups (broad SMARTS) is 1. The molecule has 0 aliphatic heterocycles. The number of amides is 2. The van der Waals surface area contributed by atoms with Crippen LogP contribution in [0.4, 0.5) is 0 Å². The van der Waals surface area contributed by atoms with Gasteiger partial charge in [-0.25, -0.2) is 4.79 Å². The molecule has 92 valence electrons. The van der Waals surface area contributed by atoms with Crippen LogP contribution in [0, 0.1) is 0 Å². The Morgan fingerprint density at radius 2 is 1.88 bits per heavy atom. The minimum Gasteiger partial charge on any atom is -0.480 e. The maximum atomic E-state index is 11.1. The maximum absolute atomic E-state index is 11.1. The van der Waals surface area contributed by atoms with Gasteiger partial charge in [0.15, 0.2) is 0 Å². The number of carbonyl (C=O) groups is 3. The summed E-state index contributed by atoms with van der Waals surface area (Å²) >= 11 is 3.77. The Morgan fingerprint density at radius 1 is 1.38 bits per heavy atom. The van der Waals surface area contributed by atoms with Gasteiger partial charge in [0.05, 0.1) is 11.3 Å². The first kappa shape index (κ1) is 14.8. The van der Waals surface area contributed by atoms with Crippen molar-refractivity contribution >= 4 is 30.4 Å². The summed E-state index contributed by atoms with van der Waals surface area (Å²) in [6.45, 7) is 4.25. The zero-order chi connectivity index (χ0) is 12.9. The van der Waals surface area contributed by atoms with Crippen molar-refractivity contribution in [1.82, 2.24) is 10.6 Å². The molecule has 0 aromatic rings. The summed E-state index contributed by atoms with van der Waals surface area (Å²) < 4.78 is 0. The molecule has 0 saturated carbocycles. The fourth-order valence-corrected chi connectivity index (χ4v) is 1.30. The van der Waals surface area contributed by atoms with Crippen LogP contribution in [0.2, 0.25) is 0 Å². The summed E-state index contributed by atoms with van der Waals surface area (Å²) in [5.41, 5.74) is -1.09. The van der Waals surface area contributed by atoms with Crippen molar-refractivity contribution in [1.29, 1.82) is 0 Å². The van der Waals surface area contributed by atoms with Gasteiger partial charge in [-0.1, -0.05) is 0 Å². The Balaban J connectivity index is 4.81. The van der Waals surface area contributed by atoms with Gasteiger partial charge in [-0.3, -0.25) is 9.59 Å². The highest BCUT2D eigenvalue weighted by Crippen LogP contribution is 2.10. The van der Waals surface area contributed by atoms with E-state index in [-0.39, 0.29) is 5.75 Å². The van der Waals surface area contributed by atoms with Crippen molar-refractivity contribution in [3.8, 4) is 0 Å². The van der Waals surface area contributed by atoms with Crippen molar-refractivity contribution in [3.63, 3.8) is 0 Å². The molecule has 0 radical (unpaired) electrons. The topological polar surface area (TPSA) is 95.5 Å². The third-order valence-corrected chi connectivity index (χ3v) is 2.21. The van der Waals surface area contributed by atoms with E-state index in [1.54, 1.807) is 0 Å². The molecule has 0 fully saturated rings. The summed E-state index contributed by atoms with van der Waals surface area (Å²) in [5, 5.41) is 13.7. The Kier molecular flexibility index (Phi) is 5.29. The molecule has 6 nitrogen and oxygen atoms in total. The van der Waals surface area contributed by atoms with Crippen LogP contribution in [0.15, 0.2) is 0 Å². The summed E-state index contributed by atoms with van der Waals surface area (Å²) in [5.74, 6) is -2.12. The smallest absolute Gasteiger partial charge is 0.328 e. The first-order valence-electron chi connectivity index (χ1n) is 4.62. The quantitative estimate of drug-likeness (QED) is 0.489. The van der Waals surface area contributed by atoms with Crippen molar-refractivity contribution in [2.75, 3.05) is 5.75 Å². The van der Waals surface area contributed by atoms with Gasteiger partial charge in [0, 0.05) is 6.92 Å². The molecular weight excluding hydrogens is 232 g/mol. The highest BCUT2D eigenvalue weighted by atomic mass is 32.1. The van der Waals surface area contributed by atoms with Crippen LogP contribution in [0.25, 0.3) is 0 Å². The molecule has 0 bridgehead atoms. The SMILES string of the molecule is CC(=O)NC(C(=O)O)C(C)(C)NC(=O)CS. The van der Waals surface area contributed by atoms with Gasteiger partial charge in [-0.2, -0.15) is 12.6 Å². The Bertz CT molecular complexity index is 304. The third kappa shape index (κ3) is 4.52. The van der Waals surface area contributed by atoms with E-state index < -0.39 is 29.4 Å². The minimum absolute atomic E-state index is 0.0458. The monoisotopic (exact) mass is 248 g/mol. The molecule has 7 heteroatoms. The summed E-state index contributed by atoms with van der Waals surface area (Å²) in [6, 6.07) is -1.19. The van der Waals surface area contributed by atoms with E-state index in [0.717, 1.165) is 0 Å². The number of hydrogen-bond acceptors (Lipinski definition) is 4. The molecule has 2 amide bonds. The molecule has 0 aromatic carbocycles. The Hall–Kier alpha value is -1.24. The van der Waals surface area contributed by atoms with Crippen LogP contribution in [-0.2, 0) is 14.4 Å². The molecule has 3 N–H and O–H groups in total. The Morgan fingerprint density at radius 3 is 2.19 bits per heavy atom. The number of aliphatic carboxylic acids is 1. The van der Waals surface area contributed by atoms with Gasteiger partial charge >= 0.3 is 5.97 Å². The average molecular weight is 248 g/mol. The van der Waals surface area contributed by atoms with E-state index in [9.17, 15) is 14.4 Å². The van der Waals surface area contributed by atoms with Gasteiger partial charge in [0.2, 0.25) is 11.8 Å². The minimum atomic E-state index is -1.21. The van der Waals surface area contributed by atoms with Crippen molar-refractivity contribution in [2.45, 2.75) is 32.4 Å². The largest absolute Gasteiger partial charge is 0.480 e. The number of carbonyl (C=O) groups excluding carboxylic acids is 2.